The smallest absolute Gasteiger partial charge is 0.0701 e. The van der Waals surface area contributed by atoms with Crippen LogP contribution in [0.15, 0.2) is 15.9 Å². The van der Waals surface area contributed by atoms with Crippen molar-refractivity contribution in [2.75, 3.05) is 40.3 Å². The number of hydrogen-bond donors (Lipinski definition) is 1. The molecule has 1 unspecified atom stereocenters. The summed E-state index contributed by atoms with van der Waals surface area (Å²) in [4.78, 5) is 6.22. The maximum atomic E-state index is 3.58. The van der Waals surface area contributed by atoms with Crippen molar-refractivity contribution in [2.24, 2.45) is 0 Å². The van der Waals surface area contributed by atoms with Crippen molar-refractivity contribution < 1.29 is 0 Å². The highest BCUT2D eigenvalue weighted by Crippen LogP contribution is 2.22. The average molecular weight is 318 g/mol. The molecule has 1 aromatic heterocycles. The predicted molar refractivity (Wildman–Crippen MR) is 77.6 cm³/mol. The van der Waals surface area contributed by atoms with Crippen LogP contribution >= 0.6 is 27.3 Å². The highest BCUT2D eigenvalue weighted by atomic mass is 79.9. The maximum Gasteiger partial charge on any atom is 0.0701 e. The Morgan fingerprint density at radius 1 is 1.59 bits per heavy atom. The third kappa shape index (κ3) is 4.34. The molecule has 3 nitrogen and oxygen atoms in total. The fraction of sp³-hybridized carbons (Fsp3) is 0.667. The predicted octanol–water partition coefficient (Wildman–Crippen LogP) is 1.85. The number of halogens is 1. The molecule has 0 spiro atoms. The summed E-state index contributed by atoms with van der Waals surface area (Å²) in [6, 6.07) is 4.92. The number of nitrogens with one attached hydrogen (secondary N) is 1. The van der Waals surface area contributed by atoms with Crippen LogP contribution in [0.1, 0.15) is 4.88 Å². The van der Waals surface area contributed by atoms with Crippen LogP contribution in [0.2, 0.25) is 0 Å². The number of nitrogens with zero attached hydrogens (tertiary/aromatic N) is 2. The lowest BCUT2D eigenvalue weighted by Crippen LogP contribution is -2.53. The molecule has 1 aromatic rings. The SMILES string of the molecule is CN1CCNC(CN(C)Cc2ccc(Br)s2)C1. The molecule has 2 rings (SSSR count). The van der Waals surface area contributed by atoms with Crippen LogP contribution in [0, 0.1) is 0 Å². The summed E-state index contributed by atoms with van der Waals surface area (Å²) < 4.78 is 1.22. The first-order valence-corrected chi connectivity index (χ1v) is 7.59. The fourth-order valence-corrected chi connectivity index (χ4v) is 3.82. The number of thiophene rings is 1. The zero-order chi connectivity index (χ0) is 12.3. The van der Waals surface area contributed by atoms with Crippen molar-refractivity contribution in [3.05, 3.63) is 20.8 Å². The van der Waals surface area contributed by atoms with Crippen LogP contribution in [0.5, 0.6) is 0 Å². The number of piperazine rings is 1. The highest BCUT2D eigenvalue weighted by molar-refractivity contribution is 9.11. The summed E-state index contributed by atoms with van der Waals surface area (Å²) in [5, 5.41) is 3.58. The van der Waals surface area contributed by atoms with Gasteiger partial charge in [0.2, 0.25) is 0 Å². The van der Waals surface area contributed by atoms with Gasteiger partial charge in [-0.3, -0.25) is 4.90 Å². The Labute approximate surface area is 116 Å². The number of hydrogen-bond acceptors (Lipinski definition) is 4. The molecule has 0 saturated carbocycles. The molecule has 0 aliphatic carbocycles. The van der Waals surface area contributed by atoms with E-state index in [2.05, 4.69) is 57.3 Å². The van der Waals surface area contributed by atoms with E-state index in [1.807, 2.05) is 11.3 Å². The third-order valence-corrected chi connectivity index (χ3v) is 4.65. The molecule has 1 aliphatic rings. The maximum absolute atomic E-state index is 3.58. The van der Waals surface area contributed by atoms with E-state index >= 15 is 0 Å². The molecule has 17 heavy (non-hydrogen) atoms. The van der Waals surface area contributed by atoms with Gasteiger partial charge in [0.15, 0.2) is 0 Å². The van der Waals surface area contributed by atoms with Crippen LogP contribution < -0.4 is 5.32 Å². The van der Waals surface area contributed by atoms with Gasteiger partial charge >= 0.3 is 0 Å². The van der Waals surface area contributed by atoms with Crippen molar-refractivity contribution >= 4 is 27.3 Å². The first-order valence-electron chi connectivity index (χ1n) is 5.98. The molecule has 0 aromatic carbocycles. The summed E-state index contributed by atoms with van der Waals surface area (Å²) in [5.41, 5.74) is 0. The molecule has 0 bridgehead atoms. The van der Waals surface area contributed by atoms with Crippen molar-refractivity contribution in [1.29, 1.82) is 0 Å². The third-order valence-electron chi connectivity index (χ3n) is 3.05. The largest absolute Gasteiger partial charge is 0.310 e. The Balaban J connectivity index is 1.78. The van der Waals surface area contributed by atoms with Crippen LogP contribution in [-0.2, 0) is 6.54 Å². The lowest BCUT2D eigenvalue weighted by molar-refractivity contribution is 0.193. The number of rotatable bonds is 4. The van der Waals surface area contributed by atoms with Crippen molar-refractivity contribution in [2.45, 2.75) is 12.6 Å². The second kappa shape index (κ2) is 6.29. The van der Waals surface area contributed by atoms with Gasteiger partial charge in [0.25, 0.3) is 0 Å². The second-order valence-corrected chi connectivity index (χ2v) is 7.36. The molecule has 5 heteroatoms. The molecule has 0 amide bonds. The number of likely N-dealkylation sites (N-methyl/N-ethyl adjacent to an activating group) is 2. The van der Waals surface area contributed by atoms with Crippen molar-refractivity contribution in [3.8, 4) is 0 Å². The minimum Gasteiger partial charge on any atom is -0.310 e. The van der Waals surface area contributed by atoms with E-state index in [1.54, 1.807) is 0 Å². The molecule has 1 fully saturated rings. The summed E-state index contributed by atoms with van der Waals surface area (Å²) in [7, 11) is 4.40. The Bertz CT molecular complexity index is 355. The average Bonchev–Trinajstić information content (AvgIpc) is 2.63. The van der Waals surface area contributed by atoms with E-state index in [0.29, 0.717) is 6.04 Å². The van der Waals surface area contributed by atoms with E-state index in [9.17, 15) is 0 Å². The van der Waals surface area contributed by atoms with Crippen LogP contribution in [0.3, 0.4) is 0 Å². The van der Waals surface area contributed by atoms with Gasteiger partial charge in [-0.25, -0.2) is 0 Å². The molecule has 1 N–H and O–H groups in total. The van der Waals surface area contributed by atoms with E-state index in [-0.39, 0.29) is 0 Å². The van der Waals surface area contributed by atoms with E-state index in [0.717, 1.165) is 32.7 Å². The quantitative estimate of drug-likeness (QED) is 0.914. The molecular formula is C12H20BrN3S. The van der Waals surface area contributed by atoms with Gasteiger partial charge in [0.1, 0.15) is 0 Å². The van der Waals surface area contributed by atoms with Gasteiger partial charge in [-0.1, -0.05) is 0 Å². The molecular weight excluding hydrogens is 298 g/mol. The second-order valence-electron chi connectivity index (χ2n) is 4.82. The van der Waals surface area contributed by atoms with Gasteiger partial charge < -0.3 is 10.2 Å². The lowest BCUT2D eigenvalue weighted by Gasteiger charge is -2.33. The minimum atomic E-state index is 0.599. The lowest BCUT2D eigenvalue weighted by atomic mass is 10.2. The van der Waals surface area contributed by atoms with Gasteiger partial charge in [-0.05, 0) is 42.2 Å². The zero-order valence-corrected chi connectivity index (χ0v) is 12.9. The minimum absolute atomic E-state index is 0.599. The summed E-state index contributed by atoms with van der Waals surface area (Å²) in [6.07, 6.45) is 0. The van der Waals surface area contributed by atoms with Crippen LogP contribution in [-0.4, -0.2) is 56.1 Å². The summed E-state index contributed by atoms with van der Waals surface area (Å²) in [6.45, 7) is 5.58. The Kier molecular flexibility index (Phi) is 4.99. The highest BCUT2D eigenvalue weighted by Gasteiger charge is 2.17. The van der Waals surface area contributed by atoms with E-state index in [4.69, 9.17) is 0 Å². The van der Waals surface area contributed by atoms with Crippen LogP contribution in [0.25, 0.3) is 0 Å². The Hall–Kier alpha value is 0.0600. The molecule has 96 valence electrons. The van der Waals surface area contributed by atoms with Gasteiger partial charge in [0, 0.05) is 43.6 Å². The topological polar surface area (TPSA) is 18.5 Å². The van der Waals surface area contributed by atoms with Crippen LogP contribution in [0.4, 0.5) is 0 Å². The first-order chi connectivity index (χ1) is 8.13. The Morgan fingerprint density at radius 2 is 2.41 bits per heavy atom. The molecule has 2 heterocycles. The zero-order valence-electron chi connectivity index (χ0n) is 10.4. The molecule has 1 atom stereocenters. The monoisotopic (exact) mass is 317 g/mol. The first kappa shape index (κ1) is 13.5. The molecule has 0 radical (unpaired) electrons. The van der Waals surface area contributed by atoms with Gasteiger partial charge in [0.05, 0.1) is 3.79 Å². The normalized spacial score (nSPS) is 22.2. The van der Waals surface area contributed by atoms with E-state index in [1.165, 1.54) is 8.66 Å². The molecule has 1 aliphatic heterocycles. The van der Waals surface area contributed by atoms with Crippen molar-refractivity contribution in [1.82, 2.24) is 15.1 Å². The van der Waals surface area contributed by atoms with Gasteiger partial charge in [-0.15, -0.1) is 11.3 Å². The summed E-state index contributed by atoms with van der Waals surface area (Å²) in [5.74, 6) is 0. The fourth-order valence-electron chi connectivity index (χ4n) is 2.26. The van der Waals surface area contributed by atoms with Crippen molar-refractivity contribution in [3.63, 3.8) is 0 Å². The standard InChI is InChI=1S/C12H20BrN3S/c1-15-6-5-14-10(7-15)8-16(2)9-11-3-4-12(13)17-11/h3-4,10,14H,5-9H2,1-2H3. The molecule has 1 saturated heterocycles. The van der Waals surface area contributed by atoms with Gasteiger partial charge in [-0.2, -0.15) is 0 Å². The van der Waals surface area contributed by atoms with E-state index < -0.39 is 0 Å². The Morgan fingerprint density at radius 3 is 3.06 bits per heavy atom. The summed E-state index contributed by atoms with van der Waals surface area (Å²) >= 11 is 5.33.